The van der Waals surface area contributed by atoms with Crippen molar-refractivity contribution in [2.75, 3.05) is 24.9 Å². The number of aromatic nitrogens is 1. The summed E-state index contributed by atoms with van der Waals surface area (Å²) < 4.78 is 11.5. The Hall–Kier alpha value is -3.06. The van der Waals surface area contributed by atoms with Crippen molar-refractivity contribution in [2.45, 2.75) is 0 Å². The maximum absolute atomic E-state index is 12.4. The van der Waals surface area contributed by atoms with Crippen molar-refractivity contribution < 1.29 is 14.3 Å². The number of nitrogens with zero attached hydrogens (tertiary/aromatic N) is 1. The van der Waals surface area contributed by atoms with Gasteiger partial charge in [-0.3, -0.25) is 4.79 Å². The van der Waals surface area contributed by atoms with Crippen molar-refractivity contribution in [1.29, 1.82) is 0 Å². The number of carbonyl (C=O) groups excluding carboxylic acids is 1. The molecule has 7 heteroatoms. The van der Waals surface area contributed by atoms with E-state index in [1.165, 1.54) is 11.3 Å². The number of hydrogen-bond donors (Lipinski definition) is 2. The monoisotopic (exact) mass is 353 g/mol. The largest absolute Gasteiger partial charge is 0.497 e. The van der Waals surface area contributed by atoms with Gasteiger partial charge >= 0.3 is 0 Å². The molecular weight excluding hydrogens is 338 g/mol. The number of nitrogens with one attached hydrogen (secondary N) is 2. The van der Waals surface area contributed by atoms with Crippen LogP contribution in [-0.2, 0) is 4.79 Å². The molecule has 6 nitrogen and oxygen atoms in total. The van der Waals surface area contributed by atoms with E-state index in [1.54, 1.807) is 32.0 Å². The molecule has 0 saturated carbocycles. The van der Waals surface area contributed by atoms with Crippen LogP contribution in [-0.4, -0.2) is 25.1 Å². The predicted molar refractivity (Wildman–Crippen MR) is 99.4 cm³/mol. The fraction of sp³-hybridized carbons (Fsp3) is 0.111. The van der Waals surface area contributed by atoms with E-state index < -0.39 is 0 Å². The van der Waals surface area contributed by atoms with Crippen molar-refractivity contribution in [3.63, 3.8) is 0 Å². The van der Waals surface area contributed by atoms with Gasteiger partial charge in [0.2, 0.25) is 0 Å². The first kappa shape index (κ1) is 15.5. The average Bonchev–Trinajstić information content (AvgIpc) is 3.22. The molecule has 0 radical (unpaired) electrons. The second-order valence-electron chi connectivity index (χ2n) is 5.45. The van der Waals surface area contributed by atoms with Crippen molar-refractivity contribution in [3.05, 3.63) is 47.6 Å². The number of hydrogen-bond acceptors (Lipinski definition) is 6. The topological polar surface area (TPSA) is 72.5 Å². The Labute approximate surface area is 148 Å². The number of rotatable bonds is 4. The lowest BCUT2D eigenvalue weighted by molar-refractivity contribution is -0.110. The molecule has 0 unspecified atom stereocenters. The number of carbonyl (C=O) groups is 1. The summed E-state index contributed by atoms with van der Waals surface area (Å²) in [6.07, 6.45) is 1.70. The van der Waals surface area contributed by atoms with Crippen LogP contribution < -0.4 is 20.1 Å². The molecule has 0 bridgehead atoms. The van der Waals surface area contributed by atoms with Crippen LogP contribution in [0.15, 0.2) is 42.0 Å². The Bertz CT molecular complexity index is 988. The van der Waals surface area contributed by atoms with E-state index in [0.29, 0.717) is 17.1 Å². The molecule has 126 valence electrons. The first-order valence-electron chi connectivity index (χ1n) is 7.57. The first-order chi connectivity index (χ1) is 12.2. The Morgan fingerprint density at radius 2 is 1.92 bits per heavy atom. The Morgan fingerprint density at radius 1 is 1.16 bits per heavy atom. The van der Waals surface area contributed by atoms with E-state index in [2.05, 4.69) is 15.6 Å². The Kier molecular flexibility index (Phi) is 3.77. The molecule has 1 aliphatic heterocycles. The van der Waals surface area contributed by atoms with Crippen LogP contribution in [0.25, 0.3) is 15.8 Å². The molecule has 0 spiro atoms. The molecule has 1 aromatic heterocycles. The SMILES string of the molecule is COc1cc(N/C=C2\C(=O)Nc3ccc4ncsc4c32)cc(OC)c1. The highest BCUT2D eigenvalue weighted by atomic mass is 32.1. The predicted octanol–water partition coefficient (Wildman–Crippen LogP) is 3.72. The molecule has 0 fully saturated rings. The van der Waals surface area contributed by atoms with Crippen LogP contribution in [0, 0.1) is 0 Å². The van der Waals surface area contributed by atoms with Crippen LogP contribution in [0.2, 0.25) is 0 Å². The zero-order valence-electron chi connectivity index (χ0n) is 13.6. The van der Waals surface area contributed by atoms with Gasteiger partial charge in [0.1, 0.15) is 11.5 Å². The number of methoxy groups -OCH3 is 2. The van der Waals surface area contributed by atoms with Crippen LogP contribution >= 0.6 is 11.3 Å². The van der Waals surface area contributed by atoms with Gasteiger partial charge in [-0.2, -0.15) is 0 Å². The van der Waals surface area contributed by atoms with E-state index in [1.807, 2.05) is 24.3 Å². The molecule has 1 aliphatic rings. The molecule has 25 heavy (non-hydrogen) atoms. The summed E-state index contributed by atoms with van der Waals surface area (Å²) in [6.45, 7) is 0. The maximum atomic E-state index is 12.4. The fourth-order valence-corrected chi connectivity index (χ4v) is 3.64. The molecule has 2 heterocycles. The molecule has 2 aromatic carbocycles. The minimum atomic E-state index is -0.140. The fourth-order valence-electron chi connectivity index (χ4n) is 2.79. The van der Waals surface area contributed by atoms with E-state index in [9.17, 15) is 4.79 Å². The van der Waals surface area contributed by atoms with Gasteiger partial charge in [-0.05, 0) is 12.1 Å². The standard InChI is InChI=1S/C18H15N3O3S/c1-23-11-5-10(6-12(7-11)24-2)19-8-13-16-14(21-18(13)22)3-4-15-17(16)25-9-20-15/h3-9,19H,1-2H3,(H,21,22)/b13-8-. The van der Waals surface area contributed by atoms with Gasteiger partial charge in [0, 0.05) is 35.6 Å². The van der Waals surface area contributed by atoms with Gasteiger partial charge in [0.25, 0.3) is 5.91 Å². The van der Waals surface area contributed by atoms with Crippen LogP contribution in [0.1, 0.15) is 5.56 Å². The van der Waals surface area contributed by atoms with E-state index >= 15 is 0 Å². The maximum Gasteiger partial charge on any atom is 0.257 e. The summed E-state index contributed by atoms with van der Waals surface area (Å²) in [4.78, 5) is 16.7. The lowest BCUT2D eigenvalue weighted by atomic mass is 10.1. The minimum absolute atomic E-state index is 0.140. The molecular formula is C18H15N3O3S. The summed E-state index contributed by atoms with van der Waals surface area (Å²) in [5.41, 5.74) is 5.69. The van der Waals surface area contributed by atoms with Crippen LogP contribution in [0.3, 0.4) is 0 Å². The summed E-state index contributed by atoms with van der Waals surface area (Å²) in [5, 5.41) is 6.06. The van der Waals surface area contributed by atoms with Gasteiger partial charge in [-0.1, -0.05) is 0 Å². The van der Waals surface area contributed by atoms with Crippen molar-refractivity contribution in [2.24, 2.45) is 0 Å². The lowest BCUT2D eigenvalue weighted by Gasteiger charge is -2.09. The van der Waals surface area contributed by atoms with E-state index in [0.717, 1.165) is 27.2 Å². The molecule has 0 atom stereocenters. The molecule has 0 aliphatic carbocycles. The number of thiazole rings is 1. The van der Waals surface area contributed by atoms with Gasteiger partial charge < -0.3 is 20.1 Å². The van der Waals surface area contributed by atoms with Gasteiger partial charge in [0.15, 0.2) is 0 Å². The second kappa shape index (κ2) is 6.10. The van der Waals surface area contributed by atoms with Gasteiger partial charge in [0.05, 0.1) is 41.2 Å². The summed E-state index contributed by atoms with van der Waals surface area (Å²) in [6, 6.07) is 9.25. The van der Waals surface area contributed by atoms with E-state index in [4.69, 9.17) is 9.47 Å². The average molecular weight is 353 g/mol. The van der Waals surface area contributed by atoms with E-state index in [-0.39, 0.29) is 5.91 Å². The van der Waals surface area contributed by atoms with Crippen molar-refractivity contribution in [1.82, 2.24) is 4.98 Å². The van der Waals surface area contributed by atoms with Crippen molar-refractivity contribution in [3.8, 4) is 11.5 Å². The quantitative estimate of drug-likeness (QED) is 0.700. The zero-order valence-corrected chi connectivity index (χ0v) is 14.4. The Balaban J connectivity index is 1.74. The van der Waals surface area contributed by atoms with Crippen molar-refractivity contribution >= 4 is 44.4 Å². The summed E-state index contributed by atoms with van der Waals surface area (Å²) in [7, 11) is 3.19. The first-order valence-corrected chi connectivity index (χ1v) is 8.45. The van der Waals surface area contributed by atoms with Crippen LogP contribution in [0.4, 0.5) is 11.4 Å². The lowest BCUT2D eigenvalue weighted by Crippen LogP contribution is -2.05. The highest BCUT2D eigenvalue weighted by Gasteiger charge is 2.27. The number of ether oxygens (including phenoxy) is 2. The minimum Gasteiger partial charge on any atom is -0.497 e. The third-order valence-electron chi connectivity index (χ3n) is 4.00. The highest BCUT2D eigenvalue weighted by Crippen LogP contribution is 2.39. The third kappa shape index (κ3) is 2.68. The molecule has 1 amide bonds. The normalized spacial score (nSPS) is 14.5. The summed E-state index contributed by atoms with van der Waals surface area (Å²) in [5.74, 6) is 1.20. The number of fused-ring (bicyclic) bond motifs is 3. The second-order valence-corrected chi connectivity index (χ2v) is 6.30. The third-order valence-corrected chi connectivity index (χ3v) is 4.86. The summed E-state index contributed by atoms with van der Waals surface area (Å²) >= 11 is 1.52. The molecule has 3 aromatic rings. The zero-order chi connectivity index (χ0) is 17.4. The number of benzene rings is 2. The number of amides is 1. The smallest absolute Gasteiger partial charge is 0.257 e. The highest BCUT2D eigenvalue weighted by molar-refractivity contribution is 7.17. The Morgan fingerprint density at radius 3 is 2.64 bits per heavy atom. The molecule has 2 N–H and O–H groups in total. The van der Waals surface area contributed by atoms with Gasteiger partial charge in [-0.15, -0.1) is 11.3 Å². The molecule has 4 rings (SSSR count). The van der Waals surface area contributed by atoms with Crippen LogP contribution in [0.5, 0.6) is 11.5 Å². The number of anilines is 2. The molecule has 0 saturated heterocycles. The van der Waals surface area contributed by atoms with Gasteiger partial charge in [-0.25, -0.2) is 4.98 Å².